The van der Waals surface area contributed by atoms with Crippen molar-refractivity contribution in [2.75, 3.05) is 19.6 Å². The number of amides is 1. The Balaban J connectivity index is 1.65. The third kappa shape index (κ3) is 4.89. The van der Waals surface area contributed by atoms with Gasteiger partial charge in [0.2, 0.25) is 0 Å². The third-order valence-corrected chi connectivity index (χ3v) is 5.63. The first-order valence-corrected chi connectivity index (χ1v) is 9.85. The maximum Gasteiger partial charge on any atom is 0.410 e. The minimum atomic E-state index is -0.455. The molecule has 0 radical (unpaired) electrons. The molecule has 0 N–H and O–H groups in total. The third-order valence-electron chi connectivity index (χ3n) is 4.39. The van der Waals surface area contributed by atoms with Crippen LogP contribution in [0.1, 0.15) is 34.1 Å². The zero-order valence-electron chi connectivity index (χ0n) is 15.9. The van der Waals surface area contributed by atoms with Gasteiger partial charge in [0.15, 0.2) is 0 Å². The summed E-state index contributed by atoms with van der Waals surface area (Å²) < 4.78 is 7.89. The van der Waals surface area contributed by atoms with Crippen LogP contribution in [0.4, 0.5) is 4.79 Å². The zero-order valence-corrected chi connectivity index (χ0v) is 16.8. The molecule has 1 atom stereocenters. The molecule has 5 nitrogen and oxygen atoms in total. The van der Waals surface area contributed by atoms with E-state index in [-0.39, 0.29) is 6.09 Å². The second kappa shape index (κ2) is 7.84. The molecule has 2 aromatic rings. The van der Waals surface area contributed by atoms with Gasteiger partial charge in [-0.3, -0.25) is 4.98 Å². The van der Waals surface area contributed by atoms with E-state index in [0.717, 1.165) is 24.9 Å². The molecule has 3 rings (SSSR count). The number of pyridine rings is 1. The zero-order chi connectivity index (χ0) is 18.7. The van der Waals surface area contributed by atoms with E-state index in [1.165, 1.54) is 10.3 Å². The summed E-state index contributed by atoms with van der Waals surface area (Å²) in [6, 6.07) is 8.87. The Bertz CT molecular complexity index is 775. The maximum atomic E-state index is 12.4. The fourth-order valence-corrected chi connectivity index (χ4v) is 3.97. The van der Waals surface area contributed by atoms with Crippen LogP contribution < -0.4 is 0 Å². The summed E-state index contributed by atoms with van der Waals surface area (Å²) in [6.07, 6.45) is 4.43. The fourth-order valence-electron chi connectivity index (χ4n) is 2.94. The second-order valence-electron chi connectivity index (χ2n) is 7.72. The number of hydrogen-bond donors (Lipinski definition) is 0. The van der Waals surface area contributed by atoms with Gasteiger partial charge >= 0.3 is 6.09 Å². The lowest BCUT2D eigenvalue weighted by atomic mass is 10.2. The van der Waals surface area contributed by atoms with E-state index in [2.05, 4.69) is 34.4 Å². The smallest absolute Gasteiger partial charge is 0.410 e. The number of hydrogen-bond acceptors (Lipinski definition) is 5. The van der Waals surface area contributed by atoms with E-state index in [1.54, 1.807) is 11.9 Å². The Hall–Kier alpha value is -1.79. The first-order valence-electron chi connectivity index (χ1n) is 9.08. The molecule has 2 heterocycles. The highest BCUT2D eigenvalue weighted by Gasteiger charge is 2.27. The normalized spacial score (nSPS) is 19.4. The molecule has 1 fully saturated rings. The summed E-state index contributed by atoms with van der Waals surface area (Å²) in [4.78, 5) is 19.6. The quantitative estimate of drug-likeness (QED) is 0.722. The van der Waals surface area contributed by atoms with Crippen LogP contribution in [0.3, 0.4) is 0 Å². The molecule has 0 bridgehead atoms. The summed E-state index contributed by atoms with van der Waals surface area (Å²) >= 11 is 1.76. The molecule has 1 aromatic heterocycles. The van der Waals surface area contributed by atoms with Gasteiger partial charge < -0.3 is 9.64 Å². The minimum absolute atomic E-state index is 0.213. The Morgan fingerprint density at radius 1 is 1.19 bits per heavy atom. The molecule has 0 spiro atoms. The van der Waals surface area contributed by atoms with Gasteiger partial charge in [0.05, 0.1) is 0 Å². The van der Waals surface area contributed by atoms with E-state index < -0.39 is 5.60 Å². The lowest BCUT2D eigenvalue weighted by Crippen LogP contribution is -2.38. The molecule has 1 saturated heterocycles. The Morgan fingerprint density at radius 3 is 2.77 bits per heavy atom. The largest absolute Gasteiger partial charge is 0.444 e. The fraction of sp³-hybridized carbons (Fsp3) is 0.500. The standard InChI is InChI=1S/C20H27N3O2S/c1-15-8-10-22(19(24)25-20(2,3)4)11-12-23(15)26-18-6-5-17-14-21-9-7-16(17)13-18/h5-7,9,13-15H,8,10-12H2,1-4H3. The van der Waals surface area contributed by atoms with Crippen LogP contribution in [-0.2, 0) is 4.74 Å². The molecule has 1 amide bonds. The topological polar surface area (TPSA) is 45.7 Å². The lowest BCUT2D eigenvalue weighted by molar-refractivity contribution is 0.0260. The molecule has 0 saturated carbocycles. The highest BCUT2D eigenvalue weighted by atomic mass is 32.2. The number of benzene rings is 1. The Morgan fingerprint density at radius 2 is 2.00 bits per heavy atom. The van der Waals surface area contributed by atoms with Gasteiger partial charge in [0.1, 0.15) is 5.60 Å². The van der Waals surface area contributed by atoms with Crippen LogP contribution in [-0.4, -0.2) is 51.6 Å². The number of aromatic nitrogens is 1. The van der Waals surface area contributed by atoms with Crippen LogP contribution in [0.15, 0.2) is 41.6 Å². The molecule has 6 heteroatoms. The van der Waals surface area contributed by atoms with Crippen molar-refractivity contribution in [2.24, 2.45) is 0 Å². The van der Waals surface area contributed by atoms with Gasteiger partial charge in [-0.25, -0.2) is 9.10 Å². The minimum Gasteiger partial charge on any atom is -0.444 e. The first kappa shape index (κ1) is 19.0. The highest BCUT2D eigenvalue weighted by molar-refractivity contribution is 7.97. The molecule has 0 aliphatic carbocycles. The Labute approximate surface area is 159 Å². The van der Waals surface area contributed by atoms with Crippen molar-refractivity contribution in [3.8, 4) is 0 Å². The van der Waals surface area contributed by atoms with E-state index in [9.17, 15) is 4.79 Å². The van der Waals surface area contributed by atoms with Crippen molar-refractivity contribution in [3.63, 3.8) is 0 Å². The van der Waals surface area contributed by atoms with Crippen molar-refractivity contribution >= 4 is 28.8 Å². The molecule has 26 heavy (non-hydrogen) atoms. The molecule has 1 aliphatic heterocycles. The maximum absolute atomic E-state index is 12.4. The van der Waals surface area contributed by atoms with Gasteiger partial charge in [-0.15, -0.1) is 0 Å². The van der Waals surface area contributed by atoms with Gasteiger partial charge in [0, 0.05) is 48.4 Å². The predicted molar refractivity (Wildman–Crippen MR) is 106 cm³/mol. The number of ether oxygens (including phenoxy) is 1. The van der Waals surface area contributed by atoms with Crippen molar-refractivity contribution in [1.29, 1.82) is 0 Å². The highest BCUT2D eigenvalue weighted by Crippen LogP contribution is 2.29. The van der Waals surface area contributed by atoms with Crippen LogP contribution in [0.2, 0.25) is 0 Å². The van der Waals surface area contributed by atoms with E-state index in [0.29, 0.717) is 12.6 Å². The summed E-state index contributed by atoms with van der Waals surface area (Å²) in [5.74, 6) is 0. The Kier molecular flexibility index (Phi) is 5.73. The average molecular weight is 374 g/mol. The van der Waals surface area contributed by atoms with Crippen molar-refractivity contribution in [3.05, 3.63) is 36.7 Å². The van der Waals surface area contributed by atoms with Crippen LogP contribution in [0, 0.1) is 0 Å². The summed E-state index contributed by atoms with van der Waals surface area (Å²) in [6.45, 7) is 10.2. The van der Waals surface area contributed by atoms with Crippen LogP contribution in [0.25, 0.3) is 10.8 Å². The van der Waals surface area contributed by atoms with E-state index in [1.807, 2.05) is 44.1 Å². The summed E-state index contributed by atoms with van der Waals surface area (Å²) in [7, 11) is 0. The van der Waals surface area contributed by atoms with Gasteiger partial charge in [-0.1, -0.05) is 6.07 Å². The number of carbonyl (C=O) groups excluding carboxylic acids is 1. The molecule has 1 aromatic carbocycles. The van der Waals surface area contributed by atoms with Crippen LogP contribution in [0.5, 0.6) is 0 Å². The van der Waals surface area contributed by atoms with E-state index in [4.69, 9.17) is 4.74 Å². The molecule has 140 valence electrons. The molecular formula is C20H27N3O2S. The number of fused-ring (bicyclic) bond motifs is 1. The number of rotatable bonds is 2. The SMILES string of the molecule is CC1CCN(C(=O)OC(C)(C)C)CCN1Sc1ccc2cnccc2c1. The van der Waals surface area contributed by atoms with Gasteiger partial charge in [-0.2, -0.15) is 0 Å². The monoisotopic (exact) mass is 373 g/mol. The van der Waals surface area contributed by atoms with Gasteiger partial charge in [-0.05, 0) is 69.6 Å². The molecule has 1 unspecified atom stereocenters. The van der Waals surface area contributed by atoms with E-state index >= 15 is 0 Å². The summed E-state index contributed by atoms with van der Waals surface area (Å²) in [5.41, 5.74) is -0.455. The molecular weight excluding hydrogens is 346 g/mol. The van der Waals surface area contributed by atoms with Gasteiger partial charge in [0.25, 0.3) is 0 Å². The average Bonchev–Trinajstić information content (AvgIpc) is 2.76. The van der Waals surface area contributed by atoms with Crippen molar-refractivity contribution in [2.45, 2.75) is 50.7 Å². The first-order chi connectivity index (χ1) is 12.3. The number of carbonyl (C=O) groups is 1. The lowest BCUT2D eigenvalue weighted by Gasteiger charge is -2.26. The van der Waals surface area contributed by atoms with Crippen LogP contribution >= 0.6 is 11.9 Å². The van der Waals surface area contributed by atoms with Crippen molar-refractivity contribution in [1.82, 2.24) is 14.2 Å². The second-order valence-corrected chi connectivity index (χ2v) is 8.84. The van der Waals surface area contributed by atoms with Crippen molar-refractivity contribution < 1.29 is 9.53 Å². The summed E-state index contributed by atoms with van der Waals surface area (Å²) in [5, 5.41) is 2.35. The molecule has 1 aliphatic rings. The predicted octanol–water partition coefficient (Wildman–Crippen LogP) is 4.57. The number of nitrogens with zero attached hydrogens (tertiary/aromatic N) is 3.